The van der Waals surface area contributed by atoms with Gasteiger partial charge in [-0.25, -0.2) is 4.39 Å². The van der Waals surface area contributed by atoms with Gasteiger partial charge in [0, 0.05) is 6.54 Å². The summed E-state index contributed by atoms with van der Waals surface area (Å²) in [6, 6.07) is 4.82. The first-order valence-electron chi connectivity index (χ1n) is 5.94. The van der Waals surface area contributed by atoms with E-state index in [1.807, 2.05) is 6.92 Å². The van der Waals surface area contributed by atoms with E-state index in [1.165, 1.54) is 6.07 Å². The Kier molecular flexibility index (Phi) is 3.74. The summed E-state index contributed by atoms with van der Waals surface area (Å²) in [7, 11) is 0. The molecule has 1 atom stereocenters. The molecule has 3 nitrogen and oxygen atoms in total. The molecule has 1 amide bonds. The number of amides is 1. The topological polar surface area (TPSA) is 41.1 Å². The number of carbonyl (C=O) groups is 1. The van der Waals surface area contributed by atoms with Crippen molar-refractivity contribution in [2.75, 3.05) is 18.4 Å². The maximum Gasteiger partial charge on any atom is 0.228 e. The highest BCUT2D eigenvalue weighted by molar-refractivity contribution is 5.92. The molecule has 1 aromatic carbocycles. The number of halogens is 1. The summed E-state index contributed by atoms with van der Waals surface area (Å²) in [5.41, 5.74) is 1.12. The van der Waals surface area contributed by atoms with Crippen LogP contribution >= 0.6 is 0 Å². The molecule has 92 valence electrons. The minimum absolute atomic E-state index is 0.0514. The molecule has 4 heteroatoms. The van der Waals surface area contributed by atoms with Crippen molar-refractivity contribution in [3.8, 4) is 0 Å². The van der Waals surface area contributed by atoms with Crippen molar-refractivity contribution >= 4 is 11.6 Å². The lowest BCUT2D eigenvalue weighted by Gasteiger charge is -2.22. The van der Waals surface area contributed by atoms with E-state index in [0.717, 1.165) is 24.9 Å². The smallest absolute Gasteiger partial charge is 0.228 e. The zero-order valence-corrected chi connectivity index (χ0v) is 9.92. The van der Waals surface area contributed by atoms with Gasteiger partial charge in [-0.15, -0.1) is 0 Å². The molecule has 1 unspecified atom stereocenters. The van der Waals surface area contributed by atoms with E-state index in [4.69, 9.17) is 0 Å². The number of benzene rings is 1. The summed E-state index contributed by atoms with van der Waals surface area (Å²) in [5, 5.41) is 5.82. The second-order valence-corrected chi connectivity index (χ2v) is 4.52. The Labute approximate surface area is 100 Å². The van der Waals surface area contributed by atoms with Crippen LogP contribution < -0.4 is 10.6 Å². The third-order valence-corrected chi connectivity index (χ3v) is 3.05. The van der Waals surface area contributed by atoms with Gasteiger partial charge in [0.15, 0.2) is 0 Å². The van der Waals surface area contributed by atoms with Gasteiger partial charge in [-0.05, 0) is 44.0 Å². The molecule has 1 aliphatic heterocycles. The molecule has 1 saturated heterocycles. The Morgan fingerprint density at radius 3 is 3.00 bits per heavy atom. The highest BCUT2D eigenvalue weighted by Crippen LogP contribution is 2.18. The van der Waals surface area contributed by atoms with Crippen molar-refractivity contribution in [2.45, 2.75) is 19.8 Å². The first kappa shape index (κ1) is 12.0. The number of anilines is 1. The quantitative estimate of drug-likeness (QED) is 0.825. The van der Waals surface area contributed by atoms with E-state index in [2.05, 4.69) is 10.6 Å². The van der Waals surface area contributed by atoms with Gasteiger partial charge in [-0.3, -0.25) is 4.79 Å². The van der Waals surface area contributed by atoms with Crippen LogP contribution in [0, 0.1) is 18.7 Å². The van der Waals surface area contributed by atoms with Crippen molar-refractivity contribution in [2.24, 2.45) is 5.92 Å². The monoisotopic (exact) mass is 236 g/mol. The fourth-order valence-corrected chi connectivity index (χ4v) is 2.03. The van der Waals surface area contributed by atoms with E-state index < -0.39 is 0 Å². The fraction of sp³-hybridized carbons (Fsp3) is 0.462. The number of nitrogens with one attached hydrogen (secondary N) is 2. The van der Waals surface area contributed by atoms with Crippen LogP contribution in [-0.4, -0.2) is 19.0 Å². The van der Waals surface area contributed by atoms with E-state index in [-0.39, 0.29) is 23.3 Å². The van der Waals surface area contributed by atoms with E-state index >= 15 is 0 Å². The lowest BCUT2D eigenvalue weighted by Crippen LogP contribution is -2.37. The lowest BCUT2D eigenvalue weighted by molar-refractivity contribution is -0.120. The fourth-order valence-electron chi connectivity index (χ4n) is 2.03. The molecule has 17 heavy (non-hydrogen) atoms. The van der Waals surface area contributed by atoms with Crippen molar-refractivity contribution in [3.63, 3.8) is 0 Å². The number of hydrogen-bond acceptors (Lipinski definition) is 2. The third-order valence-electron chi connectivity index (χ3n) is 3.05. The van der Waals surface area contributed by atoms with Gasteiger partial charge in [0.1, 0.15) is 5.82 Å². The van der Waals surface area contributed by atoms with Crippen LogP contribution in [0.1, 0.15) is 18.4 Å². The summed E-state index contributed by atoms with van der Waals surface area (Å²) >= 11 is 0. The molecule has 1 aromatic rings. The summed E-state index contributed by atoms with van der Waals surface area (Å²) in [6.45, 7) is 3.46. The van der Waals surface area contributed by atoms with Gasteiger partial charge < -0.3 is 10.6 Å². The third kappa shape index (κ3) is 3.03. The number of piperidine rings is 1. The average molecular weight is 236 g/mol. The van der Waals surface area contributed by atoms with Crippen molar-refractivity contribution in [1.82, 2.24) is 5.32 Å². The molecule has 0 bridgehead atoms. The van der Waals surface area contributed by atoms with Gasteiger partial charge in [-0.2, -0.15) is 0 Å². The Hall–Kier alpha value is -1.42. The van der Waals surface area contributed by atoms with Crippen molar-refractivity contribution in [1.29, 1.82) is 0 Å². The van der Waals surface area contributed by atoms with Gasteiger partial charge in [0.2, 0.25) is 5.91 Å². The number of rotatable bonds is 2. The van der Waals surface area contributed by atoms with Crippen LogP contribution in [0.25, 0.3) is 0 Å². The molecule has 0 aliphatic carbocycles. The normalized spacial score (nSPS) is 20.0. The van der Waals surface area contributed by atoms with Gasteiger partial charge in [-0.1, -0.05) is 6.07 Å². The maximum atomic E-state index is 13.5. The first-order valence-corrected chi connectivity index (χ1v) is 5.94. The van der Waals surface area contributed by atoms with Gasteiger partial charge in [0.05, 0.1) is 11.6 Å². The Morgan fingerprint density at radius 2 is 2.35 bits per heavy atom. The van der Waals surface area contributed by atoms with Crippen LogP contribution in [0.2, 0.25) is 0 Å². The van der Waals surface area contributed by atoms with Crippen LogP contribution in [0.4, 0.5) is 10.1 Å². The molecule has 1 aliphatic rings. The van der Waals surface area contributed by atoms with Gasteiger partial charge >= 0.3 is 0 Å². The minimum atomic E-state index is -0.373. The maximum absolute atomic E-state index is 13.5. The molecule has 2 N–H and O–H groups in total. The molecule has 1 heterocycles. The van der Waals surface area contributed by atoms with Crippen molar-refractivity contribution in [3.05, 3.63) is 29.6 Å². The SMILES string of the molecule is Cc1ccc(NC(=O)C2CCCNC2)c(F)c1. The first-order chi connectivity index (χ1) is 8.16. The lowest BCUT2D eigenvalue weighted by atomic mass is 9.99. The summed E-state index contributed by atoms with van der Waals surface area (Å²) in [6.07, 6.45) is 1.86. The van der Waals surface area contributed by atoms with E-state index in [9.17, 15) is 9.18 Å². The van der Waals surface area contributed by atoms with E-state index in [1.54, 1.807) is 12.1 Å². The van der Waals surface area contributed by atoms with Crippen LogP contribution in [-0.2, 0) is 4.79 Å². The zero-order chi connectivity index (χ0) is 12.3. The van der Waals surface area contributed by atoms with E-state index in [0.29, 0.717) is 6.54 Å². The molecular weight excluding hydrogens is 219 g/mol. The largest absolute Gasteiger partial charge is 0.323 e. The predicted octanol–water partition coefficient (Wildman–Crippen LogP) is 2.07. The number of aryl methyl sites for hydroxylation is 1. The summed E-state index contributed by atoms with van der Waals surface area (Å²) < 4.78 is 13.5. The Morgan fingerprint density at radius 1 is 1.53 bits per heavy atom. The second kappa shape index (κ2) is 5.27. The predicted molar refractivity (Wildman–Crippen MR) is 65.4 cm³/mol. The Balaban J connectivity index is 2.02. The van der Waals surface area contributed by atoms with Crippen molar-refractivity contribution < 1.29 is 9.18 Å². The number of carbonyl (C=O) groups excluding carboxylic acids is 1. The number of hydrogen-bond donors (Lipinski definition) is 2. The molecule has 2 rings (SSSR count). The van der Waals surface area contributed by atoms with Crippen LogP contribution in [0.3, 0.4) is 0 Å². The van der Waals surface area contributed by atoms with Crippen LogP contribution in [0.5, 0.6) is 0 Å². The Bertz CT molecular complexity index is 414. The second-order valence-electron chi connectivity index (χ2n) is 4.52. The van der Waals surface area contributed by atoms with Crippen LogP contribution in [0.15, 0.2) is 18.2 Å². The molecule has 0 spiro atoms. The summed E-state index contributed by atoms with van der Waals surface area (Å²) in [4.78, 5) is 11.9. The molecular formula is C13H17FN2O. The highest BCUT2D eigenvalue weighted by atomic mass is 19.1. The summed E-state index contributed by atoms with van der Waals surface area (Å²) in [5.74, 6) is -0.522. The minimum Gasteiger partial charge on any atom is -0.323 e. The average Bonchev–Trinajstić information content (AvgIpc) is 2.34. The molecule has 0 aromatic heterocycles. The highest BCUT2D eigenvalue weighted by Gasteiger charge is 2.21. The van der Waals surface area contributed by atoms with Gasteiger partial charge in [0.25, 0.3) is 0 Å². The molecule has 0 radical (unpaired) electrons. The molecule has 0 saturated carbocycles. The zero-order valence-electron chi connectivity index (χ0n) is 9.92. The standard InChI is InChI=1S/C13H17FN2O/c1-9-4-5-12(11(14)7-9)16-13(17)10-3-2-6-15-8-10/h4-5,7,10,15H,2-3,6,8H2,1H3,(H,16,17). The molecule has 1 fully saturated rings.